The zero-order valence-corrected chi connectivity index (χ0v) is 4.51. The van der Waals surface area contributed by atoms with Crippen molar-refractivity contribution < 1.29 is 13.0 Å². The Morgan fingerprint density at radius 2 is 2.14 bits per heavy atom. The van der Waals surface area contributed by atoms with E-state index in [1.165, 1.54) is 7.05 Å². The quantitative estimate of drug-likeness (QED) is 0.291. The van der Waals surface area contributed by atoms with Crippen molar-refractivity contribution >= 4 is 15.7 Å². The lowest BCUT2D eigenvalue weighted by Crippen LogP contribution is -1.95. The number of hydrogen-bond acceptors (Lipinski definition) is 3. The Bertz CT molecular complexity index is 156. The summed E-state index contributed by atoms with van der Waals surface area (Å²) in [7, 11) is -2.71. The smallest absolute Gasteiger partial charge is 0.282 e. The second-order valence-corrected chi connectivity index (χ2v) is 2.12. The van der Waals surface area contributed by atoms with Crippen molar-refractivity contribution in [2.45, 2.75) is 0 Å². The van der Waals surface area contributed by atoms with Crippen molar-refractivity contribution in [2.24, 2.45) is 4.99 Å². The van der Waals surface area contributed by atoms with Crippen LogP contribution in [0.25, 0.3) is 0 Å². The minimum absolute atomic E-state index is 0.465. The molecule has 0 fully saturated rings. The first kappa shape index (κ1) is 6.58. The van der Waals surface area contributed by atoms with Gasteiger partial charge in [-0.1, -0.05) is 0 Å². The van der Waals surface area contributed by atoms with Gasteiger partial charge in [0.2, 0.25) is 0 Å². The monoisotopic (exact) mass is 123 g/mol. The van der Waals surface area contributed by atoms with Gasteiger partial charge in [-0.25, -0.2) is 0 Å². The molecule has 0 aromatic carbocycles. The molecule has 0 atom stereocenters. The van der Waals surface area contributed by atoms with Gasteiger partial charge in [0.15, 0.2) is 0 Å². The lowest BCUT2D eigenvalue weighted by Gasteiger charge is -1.75. The Balaban J connectivity index is 4.13. The Morgan fingerprint density at radius 3 is 2.14 bits per heavy atom. The molecule has 0 aliphatic rings. The molecule has 42 valence electrons. The van der Waals surface area contributed by atoms with E-state index in [1.54, 1.807) is 0 Å². The van der Waals surface area contributed by atoms with Crippen LogP contribution in [0.3, 0.4) is 0 Å². The van der Waals surface area contributed by atoms with E-state index in [0.717, 1.165) is 0 Å². The molecule has 0 saturated carbocycles. The average molecular weight is 123 g/mol. The van der Waals surface area contributed by atoms with Crippen LogP contribution in [-0.4, -0.2) is 25.6 Å². The summed E-state index contributed by atoms with van der Waals surface area (Å²) in [6.45, 7) is 0. The maximum atomic E-state index is 9.64. The molecule has 5 heteroatoms. The first-order valence-electron chi connectivity index (χ1n) is 1.46. The predicted molar refractivity (Wildman–Crippen MR) is 26.0 cm³/mol. The molecule has 0 aliphatic carbocycles. The van der Waals surface area contributed by atoms with Crippen molar-refractivity contribution in [3.8, 4) is 0 Å². The Labute approximate surface area is 41.6 Å². The molecule has 0 radical (unpaired) electrons. The zero-order valence-electron chi connectivity index (χ0n) is 3.70. The summed E-state index contributed by atoms with van der Waals surface area (Å²) < 4.78 is 27.1. The molecule has 0 heterocycles. The molecule has 0 spiro atoms. The minimum atomic E-state index is -3.97. The van der Waals surface area contributed by atoms with Crippen molar-refractivity contribution in [2.75, 3.05) is 7.05 Å². The van der Waals surface area contributed by atoms with Gasteiger partial charge < -0.3 is 0 Å². The maximum Gasteiger partial charge on any atom is 0.304 e. The summed E-state index contributed by atoms with van der Waals surface area (Å²) in [6.07, 6.45) is 0. The molecule has 0 aromatic rings. The maximum absolute atomic E-state index is 9.64. The zero-order chi connectivity index (χ0) is 5.91. The number of hydrogen-bond donors (Lipinski definition) is 1. The Hall–Kier alpha value is -0.420. The molecule has 0 bridgehead atoms. The molecule has 0 aromatic heterocycles. The van der Waals surface area contributed by atoms with E-state index in [4.69, 9.17) is 4.55 Å². The van der Waals surface area contributed by atoms with Crippen molar-refractivity contribution in [1.82, 2.24) is 0 Å². The van der Waals surface area contributed by atoms with Gasteiger partial charge in [0.05, 0.1) is 0 Å². The first-order chi connectivity index (χ1) is 3.06. The molecular weight excluding hydrogens is 118 g/mol. The van der Waals surface area contributed by atoms with Crippen LogP contribution in [0.1, 0.15) is 0 Å². The van der Waals surface area contributed by atoms with Crippen LogP contribution in [0.2, 0.25) is 0 Å². The summed E-state index contributed by atoms with van der Waals surface area (Å²) in [5, 5.41) is 0. The molecule has 0 amide bonds. The van der Waals surface area contributed by atoms with E-state index in [-0.39, 0.29) is 0 Å². The SMILES string of the molecule is C/N=C/S(=O)(=O)O. The van der Waals surface area contributed by atoms with E-state index < -0.39 is 10.1 Å². The average Bonchev–Trinajstić information content (AvgIpc) is 1.30. The summed E-state index contributed by atoms with van der Waals surface area (Å²) in [4.78, 5) is 3.04. The van der Waals surface area contributed by atoms with Gasteiger partial charge in [0, 0.05) is 7.05 Å². The van der Waals surface area contributed by atoms with Crippen LogP contribution in [0.4, 0.5) is 0 Å². The van der Waals surface area contributed by atoms with Crippen LogP contribution >= 0.6 is 0 Å². The molecule has 1 N–H and O–H groups in total. The summed E-state index contributed by atoms with van der Waals surface area (Å²) in [5.41, 5.74) is 0.465. The highest BCUT2D eigenvalue weighted by atomic mass is 32.2. The number of rotatable bonds is 1. The van der Waals surface area contributed by atoms with E-state index in [0.29, 0.717) is 5.55 Å². The second kappa shape index (κ2) is 2.04. The van der Waals surface area contributed by atoms with Crippen molar-refractivity contribution in [1.29, 1.82) is 0 Å². The molecule has 0 unspecified atom stereocenters. The fourth-order valence-corrected chi connectivity index (χ4v) is 0.400. The highest BCUT2D eigenvalue weighted by Gasteiger charge is 1.92. The van der Waals surface area contributed by atoms with Crippen LogP contribution in [0.15, 0.2) is 4.99 Å². The van der Waals surface area contributed by atoms with E-state index >= 15 is 0 Å². The lowest BCUT2D eigenvalue weighted by atomic mass is 11.4. The van der Waals surface area contributed by atoms with Gasteiger partial charge in [-0.15, -0.1) is 0 Å². The lowest BCUT2D eigenvalue weighted by molar-refractivity contribution is 0.499. The van der Waals surface area contributed by atoms with Gasteiger partial charge in [-0.2, -0.15) is 8.42 Å². The summed E-state index contributed by atoms with van der Waals surface area (Å²) >= 11 is 0. The van der Waals surface area contributed by atoms with Crippen LogP contribution in [-0.2, 0) is 10.1 Å². The van der Waals surface area contributed by atoms with E-state index in [1.807, 2.05) is 0 Å². The predicted octanol–water partition coefficient (Wildman–Crippen LogP) is -0.468. The topological polar surface area (TPSA) is 66.7 Å². The Morgan fingerprint density at radius 1 is 1.71 bits per heavy atom. The first-order valence-corrected chi connectivity index (χ1v) is 2.96. The van der Waals surface area contributed by atoms with Crippen molar-refractivity contribution in [3.05, 3.63) is 0 Å². The summed E-state index contributed by atoms with van der Waals surface area (Å²) in [6, 6.07) is 0. The molecule has 7 heavy (non-hydrogen) atoms. The highest BCUT2D eigenvalue weighted by molar-refractivity contribution is 7.99. The van der Waals surface area contributed by atoms with E-state index in [2.05, 4.69) is 4.99 Å². The normalized spacial score (nSPS) is 12.9. The third kappa shape index (κ3) is 5.58. The molecular formula is C2H5NO3S. The van der Waals surface area contributed by atoms with E-state index in [9.17, 15) is 8.42 Å². The molecule has 4 nitrogen and oxygen atoms in total. The van der Waals surface area contributed by atoms with Gasteiger partial charge in [-0.3, -0.25) is 9.55 Å². The fraction of sp³-hybridized carbons (Fsp3) is 0.500. The molecule has 0 rings (SSSR count). The molecule has 0 saturated heterocycles. The standard InChI is InChI=1S/C2H5NO3S/c1-3-2-7(4,5)6/h2H,1H3,(H,4,5,6)/b3-2+. The highest BCUT2D eigenvalue weighted by Crippen LogP contribution is 1.69. The van der Waals surface area contributed by atoms with Crippen LogP contribution in [0.5, 0.6) is 0 Å². The summed E-state index contributed by atoms with van der Waals surface area (Å²) in [5.74, 6) is 0. The fourth-order valence-electron chi connectivity index (χ4n) is 0.133. The Kier molecular flexibility index (Phi) is 1.91. The van der Waals surface area contributed by atoms with Gasteiger partial charge in [-0.05, 0) is 0 Å². The second-order valence-electron chi connectivity index (χ2n) is 0.879. The van der Waals surface area contributed by atoms with Gasteiger partial charge in [0.25, 0.3) is 0 Å². The van der Waals surface area contributed by atoms with Crippen LogP contribution < -0.4 is 0 Å². The van der Waals surface area contributed by atoms with Crippen LogP contribution in [0, 0.1) is 0 Å². The number of nitrogens with zero attached hydrogens (tertiary/aromatic N) is 1. The largest absolute Gasteiger partial charge is 0.304 e. The number of aliphatic imine (C=N–C) groups is 1. The third-order valence-corrected chi connectivity index (χ3v) is 0.716. The molecule has 0 aliphatic heterocycles. The van der Waals surface area contributed by atoms with Crippen molar-refractivity contribution in [3.63, 3.8) is 0 Å². The van der Waals surface area contributed by atoms with Gasteiger partial charge >= 0.3 is 10.1 Å². The van der Waals surface area contributed by atoms with Gasteiger partial charge in [0.1, 0.15) is 5.55 Å². The third-order valence-electron chi connectivity index (χ3n) is 0.239. The minimum Gasteiger partial charge on any atom is -0.282 e.